The second kappa shape index (κ2) is 5.36. The highest BCUT2D eigenvalue weighted by Crippen LogP contribution is 2.41. The lowest BCUT2D eigenvalue weighted by atomic mass is 9.75. The number of nitrogens with zero attached hydrogens (tertiary/aromatic N) is 2. The van der Waals surface area contributed by atoms with E-state index in [0.29, 0.717) is 16.7 Å². The molecule has 2 unspecified atom stereocenters. The smallest absolute Gasteiger partial charge is 0.116 e. The lowest BCUT2D eigenvalue weighted by molar-refractivity contribution is 0.218. The predicted octanol–water partition coefficient (Wildman–Crippen LogP) is 2.74. The van der Waals surface area contributed by atoms with E-state index < -0.39 is 0 Å². The standard InChI is InChI=1S/C13H21N3S/c1-13(2)6-4-10(14-3)11(8-13)17-12-5-7-15-9-16-12/h5,7,9-11,14H,4,6,8H2,1-3H3. The number of thioether (sulfide) groups is 1. The van der Waals surface area contributed by atoms with Gasteiger partial charge in [0.2, 0.25) is 0 Å². The monoisotopic (exact) mass is 251 g/mol. The molecule has 17 heavy (non-hydrogen) atoms. The highest BCUT2D eigenvalue weighted by molar-refractivity contribution is 7.99. The summed E-state index contributed by atoms with van der Waals surface area (Å²) in [4.78, 5) is 8.28. The topological polar surface area (TPSA) is 37.8 Å². The molecule has 2 rings (SSSR count). The molecular weight excluding hydrogens is 230 g/mol. The van der Waals surface area contributed by atoms with Gasteiger partial charge in [-0.05, 0) is 37.8 Å². The zero-order chi connectivity index (χ0) is 12.3. The van der Waals surface area contributed by atoms with Gasteiger partial charge in [0.05, 0.1) is 5.03 Å². The van der Waals surface area contributed by atoms with Gasteiger partial charge >= 0.3 is 0 Å². The van der Waals surface area contributed by atoms with Gasteiger partial charge in [0.15, 0.2) is 0 Å². The van der Waals surface area contributed by atoms with E-state index in [2.05, 4.69) is 36.2 Å². The Balaban J connectivity index is 2.06. The molecule has 1 aliphatic carbocycles. The van der Waals surface area contributed by atoms with Crippen LogP contribution in [0.1, 0.15) is 33.1 Å². The fraction of sp³-hybridized carbons (Fsp3) is 0.692. The molecule has 0 amide bonds. The number of aromatic nitrogens is 2. The Kier molecular flexibility index (Phi) is 4.05. The average molecular weight is 251 g/mol. The highest BCUT2D eigenvalue weighted by atomic mass is 32.2. The molecule has 4 heteroatoms. The quantitative estimate of drug-likeness (QED) is 0.838. The van der Waals surface area contributed by atoms with Crippen molar-refractivity contribution in [2.75, 3.05) is 7.05 Å². The summed E-state index contributed by atoms with van der Waals surface area (Å²) in [5.41, 5.74) is 0.456. The molecule has 0 aromatic carbocycles. The molecule has 0 spiro atoms. The molecule has 3 nitrogen and oxygen atoms in total. The second-order valence-corrected chi connectivity index (χ2v) is 6.77. The van der Waals surface area contributed by atoms with Crippen LogP contribution in [-0.2, 0) is 0 Å². The maximum Gasteiger partial charge on any atom is 0.116 e. The summed E-state index contributed by atoms with van der Waals surface area (Å²) in [5, 5.41) is 5.14. The first-order valence-corrected chi connectivity index (χ1v) is 7.09. The Bertz CT molecular complexity index is 353. The van der Waals surface area contributed by atoms with Crippen LogP contribution in [0.15, 0.2) is 23.6 Å². The van der Waals surface area contributed by atoms with Gasteiger partial charge in [0, 0.05) is 17.5 Å². The first kappa shape index (κ1) is 12.8. The molecule has 1 N–H and O–H groups in total. The van der Waals surface area contributed by atoms with Crippen LogP contribution >= 0.6 is 11.8 Å². The van der Waals surface area contributed by atoms with Crippen molar-refractivity contribution in [1.82, 2.24) is 15.3 Å². The van der Waals surface area contributed by atoms with E-state index in [1.807, 2.05) is 24.0 Å². The minimum absolute atomic E-state index is 0.456. The first-order valence-electron chi connectivity index (χ1n) is 6.21. The fourth-order valence-corrected chi connectivity index (χ4v) is 4.01. The summed E-state index contributed by atoms with van der Waals surface area (Å²) in [6.45, 7) is 4.73. The Morgan fingerprint density at radius 2 is 2.29 bits per heavy atom. The van der Waals surface area contributed by atoms with E-state index >= 15 is 0 Å². The Hall–Kier alpha value is -0.610. The number of nitrogens with one attached hydrogen (secondary N) is 1. The summed E-state index contributed by atoms with van der Waals surface area (Å²) in [6, 6.07) is 2.60. The summed E-state index contributed by atoms with van der Waals surface area (Å²) in [6.07, 6.45) is 7.25. The van der Waals surface area contributed by atoms with Crippen LogP contribution in [0.25, 0.3) is 0 Å². The molecule has 1 aromatic rings. The molecule has 1 saturated carbocycles. The zero-order valence-corrected chi connectivity index (χ0v) is 11.6. The van der Waals surface area contributed by atoms with Gasteiger partial charge in [-0.25, -0.2) is 9.97 Å². The van der Waals surface area contributed by atoms with Crippen molar-refractivity contribution < 1.29 is 0 Å². The molecule has 1 aromatic heterocycles. The number of hydrogen-bond acceptors (Lipinski definition) is 4. The molecular formula is C13H21N3S. The van der Waals surface area contributed by atoms with Crippen LogP contribution in [-0.4, -0.2) is 28.3 Å². The molecule has 0 radical (unpaired) electrons. The van der Waals surface area contributed by atoms with Crippen molar-refractivity contribution in [2.45, 2.75) is 49.4 Å². The molecule has 1 aliphatic rings. The van der Waals surface area contributed by atoms with E-state index in [-0.39, 0.29) is 0 Å². The van der Waals surface area contributed by atoms with Crippen molar-refractivity contribution >= 4 is 11.8 Å². The first-order chi connectivity index (χ1) is 8.11. The van der Waals surface area contributed by atoms with E-state index in [9.17, 15) is 0 Å². The Morgan fingerprint density at radius 3 is 2.94 bits per heavy atom. The molecule has 1 fully saturated rings. The molecule has 0 saturated heterocycles. The van der Waals surface area contributed by atoms with Gasteiger partial charge < -0.3 is 5.32 Å². The molecule has 1 heterocycles. The van der Waals surface area contributed by atoms with E-state index in [1.54, 1.807) is 6.33 Å². The van der Waals surface area contributed by atoms with E-state index in [1.165, 1.54) is 19.3 Å². The lowest BCUT2D eigenvalue weighted by Crippen LogP contribution is -2.43. The summed E-state index contributed by atoms with van der Waals surface area (Å²) < 4.78 is 0. The third-order valence-electron chi connectivity index (χ3n) is 3.53. The van der Waals surface area contributed by atoms with Crippen molar-refractivity contribution in [2.24, 2.45) is 5.41 Å². The number of hydrogen-bond donors (Lipinski definition) is 1. The van der Waals surface area contributed by atoms with Gasteiger partial charge in [0.1, 0.15) is 6.33 Å². The molecule has 0 aliphatic heterocycles. The molecule has 2 atom stereocenters. The maximum atomic E-state index is 4.31. The van der Waals surface area contributed by atoms with E-state index in [4.69, 9.17) is 0 Å². The van der Waals surface area contributed by atoms with Crippen LogP contribution in [0.4, 0.5) is 0 Å². The lowest BCUT2D eigenvalue weighted by Gasteiger charge is -2.40. The number of rotatable bonds is 3. The highest BCUT2D eigenvalue weighted by Gasteiger charge is 2.34. The van der Waals surface area contributed by atoms with Crippen LogP contribution in [0.5, 0.6) is 0 Å². The summed E-state index contributed by atoms with van der Waals surface area (Å²) in [5.74, 6) is 0. The summed E-state index contributed by atoms with van der Waals surface area (Å²) >= 11 is 1.89. The van der Waals surface area contributed by atoms with E-state index in [0.717, 1.165) is 5.03 Å². The third-order valence-corrected chi connectivity index (χ3v) is 4.81. The largest absolute Gasteiger partial charge is 0.316 e. The van der Waals surface area contributed by atoms with Gasteiger partial charge in [0.25, 0.3) is 0 Å². The third kappa shape index (κ3) is 3.42. The minimum Gasteiger partial charge on any atom is -0.316 e. The average Bonchev–Trinajstić information content (AvgIpc) is 2.30. The van der Waals surface area contributed by atoms with Gasteiger partial charge in [-0.1, -0.05) is 13.8 Å². The van der Waals surface area contributed by atoms with Gasteiger partial charge in [-0.2, -0.15) is 0 Å². The normalized spacial score (nSPS) is 27.9. The van der Waals surface area contributed by atoms with Crippen LogP contribution in [0.3, 0.4) is 0 Å². The van der Waals surface area contributed by atoms with Gasteiger partial charge in [-0.15, -0.1) is 11.8 Å². The Morgan fingerprint density at radius 1 is 1.47 bits per heavy atom. The molecule has 0 bridgehead atoms. The second-order valence-electron chi connectivity index (χ2n) is 5.51. The SMILES string of the molecule is CNC1CCC(C)(C)CC1Sc1ccncn1. The van der Waals surface area contributed by atoms with Crippen molar-refractivity contribution in [3.05, 3.63) is 18.6 Å². The van der Waals surface area contributed by atoms with Crippen molar-refractivity contribution in [3.8, 4) is 0 Å². The van der Waals surface area contributed by atoms with Gasteiger partial charge in [-0.3, -0.25) is 0 Å². The summed E-state index contributed by atoms with van der Waals surface area (Å²) in [7, 11) is 2.07. The molecule has 94 valence electrons. The predicted molar refractivity (Wildman–Crippen MR) is 72.2 cm³/mol. The van der Waals surface area contributed by atoms with Crippen LogP contribution in [0, 0.1) is 5.41 Å². The minimum atomic E-state index is 0.456. The zero-order valence-electron chi connectivity index (χ0n) is 10.8. The van der Waals surface area contributed by atoms with Crippen LogP contribution < -0.4 is 5.32 Å². The van der Waals surface area contributed by atoms with Crippen molar-refractivity contribution in [3.63, 3.8) is 0 Å². The fourth-order valence-electron chi connectivity index (χ4n) is 2.48. The maximum absolute atomic E-state index is 4.31. The Labute approximate surface area is 108 Å². The van der Waals surface area contributed by atoms with Crippen LogP contribution in [0.2, 0.25) is 0 Å². The van der Waals surface area contributed by atoms with Crippen molar-refractivity contribution in [1.29, 1.82) is 0 Å².